The number of hydrogen-bond acceptors (Lipinski definition) is 6. The molecule has 102 valence electrons. The van der Waals surface area contributed by atoms with Crippen LogP contribution < -0.4 is 5.56 Å². The molecule has 6 nitrogen and oxygen atoms in total. The first-order valence-corrected chi connectivity index (χ1v) is 7.05. The van der Waals surface area contributed by atoms with Crippen molar-refractivity contribution in [3.05, 3.63) is 27.6 Å². The highest BCUT2D eigenvalue weighted by atomic mass is 32.1. The lowest BCUT2D eigenvalue weighted by molar-refractivity contribution is -0.0556. The topological polar surface area (TPSA) is 78.5 Å². The van der Waals surface area contributed by atoms with Crippen molar-refractivity contribution in [3.8, 4) is 0 Å². The normalized spacial score (nSPS) is 21.0. The first-order chi connectivity index (χ1) is 9.26. The summed E-state index contributed by atoms with van der Waals surface area (Å²) in [4.78, 5) is 21.2. The van der Waals surface area contributed by atoms with Crippen molar-refractivity contribution in [2.45, 2.75) is 12.6 Å². The fraction of sp³-hybridized carbons (Fsp3) is 0.500. The molecule has 2 aromatic rings. The van der Waals surface area contributed by atoms with Crippen LogP contribution in [-0.4, -0.2) is 52.4 Å². The lowest BCUT2D eigenvalue weighted by atomic mass is 10.3. The number of morpholine rings is 1. The Kier molecular flexibility index (Phi) is 3.61. The van der Waals surface area contributed by atoms with E-state index in [0.29, 0.717) is 30.2 Å². The third-order valence-electron chi connectivity index (χ3n) is 3.16. The monoisotopic (exact) mass is 281 g/mol. The van der Waals surface area contributed by atoms with Gasteiger partial charge in [0.15, 0.2) is 0 Å². The molecule has 1 fully saturated rings. The number of nitrogens with one attached hydrogen (secondary N) is 1. The van der Waals surface area contributed by atoms with Gasteiger partial charge in [-0.05, 0) is 11.4 Å². The number of fused-ring (bicyclic) bond motifs is 1. The zero-order chi connectivity index (χ0) is 13.2. The summed E-state index contributed by atoms with van der Waals surface area (Å²) in [6.45, 7) is 2.62. The van der Waals surface area contributed by atoms with Gasteiger partial charge < -0.3 is 14.8 Å². The average molecular weight is 281 g/mol. The standard InChI is InChI=1S/C12H15N3O3S/c16-7-8-5-15(2-3-18-8)6-10-13-9-1-4-19-11(9)12(17)14-10/h1,4,8,16H,2-3,5-7H2,(H,13,14,17). The van der Waals surface area contributed by atoms with E-state index in [1.54, 1.807) is 0 Å². The number of rotatable bonds is 3. The zero-order valence-corrected chi connectivity index (χ0v) is 11.2. The fourth-order valence-corrected chi connectivity index (χ4v) is 2.97. The number of aromatic amines is 1. The molecule has 19 heavy (non-hydrogen) atoms. The minimum atomic E-state index is -0.148. The van der Waals surface area contributed by atoms with E-state index in [0.717, 1.165) is 12.1 Å². The second kappa shape index (κ2) is 5.38. The third kappa shape index (κ3) is 2.69. The quantitative estimate of drug-likeness (QED) is 0.839. The molecular weight excluding hydrogens is 266 g/mol. The predicted molar refractivity (Wildman–Crippen MR) is 72.3 cm³/mol. The molecule has 2 N–H and O–H groups in total. The van der Waals surface area contributed by atoms with Crippen LogP contribution >= 0.6 is 11.3 Å². The Hall–Kier alpha value is -1.28. The number of aliphatic hydroxyl groups is 1. The molecule has 0 amide bonds. The Labute approximate surface area is 113 Å². The average Bonchev–Trinajstić information content (AvgIpc) is 2.88. The van der Waals surface area contributed by atoms with E-state index < -0.39 is 0 Å². The van der Waals surface area contributed by atoms with Crippen LogP contribution in [0, 0.1) is 0 Å². The van der Waals surface area contributed by atoms with Gasteiger partial charge in [-0.15, -0.1) is 11.3 Å². The maximum atomic E-state index is 11.9. The van der Waals surface area contributed by atoms with Crippen LogP contribution in [0.1, 0.15) is 5.82 Å². The van der Waals surface area contributed by atoms with Crippen molar-refractivity contribution in [1.29, 1.82) is 0 Å². The van der Waals surface area contributed by atoms with Gasteiger partial charge in [-0.3, -0.25) is 9.69 Å². The molecule has 1 aliphatic heterocycles. The van der Waals surface area contributed by atoms with Crippen LogP contribution in [0.2, 0.25) is 0 Å². The Morgan fingerprint density at radius 2 is 2.53 bits per heavy atom. The maximum absolute atomic E-state index is 11.9. The van der Waals surface area contributed by atoms with Crippen molar-refractivity contribution >= 4 is 21.6 Å². The highest BCUT2D eigenvalue weighted by Crippen LogP contribution is 2.14. The minimum Gasteiger partial charge on any atom is -0.394 e. The van der Waals surface area contributed by atoms with E-state index in [1.165, 1.54) is 11.3 Å². The molecule has 1 aliphatic rings. The SMILES string of the molecule is O=c1[nH]c(CN2CCOC(CO)C2)nc2ccsc12. The fourth-order valence-electron chi connectivity index (χ4n) is 2.24. The molecule has 0 spiro atoms. The first-order valence-electron chi connectivity index (χ1n) is 6.17. The highest BCUT2D eigenvalue weighted by Gasteiger charge is 2.20. The highest BCUT2D eigenvalue weighted by molar-refractivity contribution is 7.17. The van der Waals surface area contributed by atoms with E-state index in [1.807, 2.05) is 11.4 Å². The van der Waals surface area contributed by atoms with Crippen LogP contribution in [0.25, 0.3) is 10.2 Å². The molecule has 0 radical (unpaired) electrons. The summed E-state index contributed by atoms with van der Waals surface area (Å²) < 4.78 is 6.06. The largest absolute Gasteiger partial charge is 0.394 e. The first kappa shape index (κ1) is 12.7. The molecule has 1 saturated heterocycles. The summed E-state index contributed by atoms with van der Waals surface area (Å²) in [5, 5.41) is 11.0. The summed E-state index contributed by atoms with van der Waals surface area (Å²) in [5.74, 6) is 0.662. The molecule has 3 heterocycles. The van der Waals surface area contributed by atoms with Gasteiger partial charge >= 0.3 is 0 Å². The van der Waals surface area contributed by atoms with Gasteiger partial charge in [0.05, 0.1) is 31.4 Å². The number of aliphatic hydroxyl groups excluding tert-OH is 1. The second-order valence-electron chi connectivity index (χ2n) is 4.56. The van der Waals surface area contributed by atoms with Crippen LogP contribution in [0.4, 0.5) is 0 Å². The molecule has 0 bridgehead atoms. The molecule has 2 aromatic heterocycles. The van der Waals surface area contributed by atoms with E-state index in [9.17, 15) is 4.79 Å². The third-order valence-corrected chi connectivity index (χ3v) is 4.07. The number of hydrogen-bond donors (Lipinski definition) is 2. The Bertz CT molecular complexity index is 624. The van der Waals surface area contributed by atoms with Crippen molar-refractivity contribution in [2.75, 3.05) is 26.3 Å². The molecule has 0 saturated carbocycles. The zero-order valence-electron chi connectivity index (χ0n) is 10.3. The van der Waals surface area contributed by atoms with Crippen LogP contribution in [-0.2, 0) is 11.3 Å². The van der Waals surface area contributed by atoms with E-state index in [4.69, 9.17) is 9.84 Å². The van der Waals surface area contributed by atoms with Gasteiger partial charge in [0, 0.05) is 13.1 Å². The smallest absolute Gasteiger partial charge is 0.268 e. The van der Waals surface area contributed by atoms with Gasteiger partial charge in [-0.2, -0.15) is 0 Å². The van der Waals surface area contributed by atoms with Crippen molar-refractivity contribution in [2.24, 2.45) is 0 Å². The summed E-state index contributed by atoms with van der Waals surface area (Å²) >= 11 is 1.40. The predicted octanol–water partition coefficient (Wildman–Crippen LogP) is 0.178. The Morgan fingerprint density at radius 3 is 3.37 bits per heavy atom. The van der Waals surface area contributed by atoms with Gasteiger partial charge in [0.1, 0.15) is 10.5 Å². The van der Waals surface area contributed by atoms with E-state index in [2.05, 4.69) is 14.9 Å². The van der Waals surface area contributed by atoms with Crippen LogP contribution in [0.3, 0.4) is 0 Å². The number of nitrogens with zero attached hydrogens (tertiary/aromatic N) is 2. The summed E-state index contributed by atoms with van der Waals surface area (Å²) in [6.07, 6.45) is -0.148. The molecule has 3 rings (SSSR count). The molecule has 0 aromatic carbocycles. The lowest BCUT2D eigenvalue weighted by Crippen LogP contribution is -2.43. The van der Waals surface area contributed by atoms with Crippen molar-refractivity contribution < 1.29 is 9.84 Å². The van der Waals surface area contributed by atoms with Gasteiger partial charge in [0.25, 0.3) is 5.56 Å². The maximum Gasteiger partial charge on any atom is 0.268 e. The molecule has 7 heteroatoms. The minimum absolute atomic E-state index is 0.0179. The van der Waals surface area contributed by atoms with Gasteiger partial charge in [0.2, 0.25) is 0 Å². The van der Waals surface area contributed by atoms with Crippen molar-refractivity contribution in [1.82, 2.24) is 14.9 Å². The van der Waals surface area contributed by atoms with Crippen LogP contribution in [0.5, 0.6) is 0 Å². The number of ether oxygens (including phenoxy) is 1. The van der Waals surface area contributed by atoms with Gasteiger partial charge in [-0.25, -0.2) is 4.98 Å². The summed E-state index contributed by atoms with van der Waals surface area (Å²) in [5.41, 5.74) is 0.665. The number of H-pyrrole nitrogens is 1. The molecule has 0 aliphatic carbocycles. The lowest BCUT2D eigenvalue weighted by Gasteiger charge is -2.31. The van der Waals surface area contributed by atoms with Crippen LogP contribution in [0.15, 0.2) is 16.2 Å². The molecule has 1 atom stereocenters. The van der Waals surface area contributed by atoms with E-state index >= 15 is 0 Å². The summed E-state index contributed by atoms with van der Waals surface area (Å²) in [7, 11) is 0. The number of thiophene rings is 1. The summed E-state index contributed by atoms with van der Waals surface area (Å²) in [6, 6.07) is 1.86. The molecular formula is C12H15N3O3S. The number of aromatic nitrogens is 2. The van der Waals surface area contributed by atoms with E-state index in [-0.39, 0.29) is 18.3 Å². The van der Waals surface area contributed by atoms with Crippen molar-refractivity contribution in [3.63, 3.8) is 0 Å². The second-order valence-corrected chi connectivity index (χ2v) is 5.47. The Balaban J connectivity index is 1.79. The Morgan fingerprint density at radius 1 is 1.63 bits per heavy atom. The molecule has 1 unspecified atom stereocenters. The van der Waals surface area contributed by atoms with Gasteiger partial charge in [-0.1, -0.05) is 0 Å².